The summed E-state index contributed by atoms with van der Waals surface area (Å²) < 4.78 is 35.8. The fraction of sp³-hybridized carbons (Fsp3) is 0. The Hall–Kier alpha value is -4.10. The molecule has 0 aliphatic rings. The Balaban J connectivity index is 1.47. The number of aromatic hydroxyl groups is 2. The third-order valence-corrected chi connectivity index (χ3v) is 6.23. The van der Waals surface area contributed by atoms with Crippen molar-refractivity contribution in [2.75, 3.05) is 10.6 Å². The zero-order chi connectivity index (χ0) is 28.0. The van der Waals surface area contributed by atoms with Crippen molar-refractivity contribution in [3.05, 3.63) is 65.9 Å². The summed E-state index contributed by atoms with van der Waals surface area (Å²) in [5, 5.41) is 45.5. The molecule has 0 fully saturated rings. The van der Waals surface area contributed by atoms with Crippen molar-refractivity contribution < 1.29 is 37.8 Å². The standard InChI is InChI=1S/C21H16ClN7O8S2/c22-19-25-20(23-11-1-5-14(6-2-11)39(33,34)35)27-21(26-19)24-12-3-7-15(18(31)9-12)28-29-16-10-13(38-37-36-32)4-8-17(16)30/h1-10,30-32H,(H,33,34,35)(H2,23,24,25,26,27). The van der Waals surface area contributed by atoms with E-state index in [1.807, 2.05) is 0 Å². The number of phenolic OH excluding ortho intramolecular Hbond substituents is 2. The zero-order valence-electron chi connectivity index (χ0n) is 19.1. The van der Waals surface area contributed by atoms with Gasteiger partial charge in [-0.2, -0.15) is 23.4 Å². The molecule has 3 aromatic carbocycles. The van der Waals surface area contributed by atoms with E-state index < -0.39 is 10.1 Å². The number of phenols is 2. The molecule has 18 heteroatoms. The molecule has 4 rings (SSSR count). The lowest BCUT2D eigenvalue weighted by Crippen LogP contribution is -2.04. The van der Waals surface area contributed by atoms with Gasteiger partial charge in [-0.05, 0) is 66.2 Å². The third kappa shape index (κ3) is 7.71. The molecule has 0 aliphatic heterocycles. The first kappa shape index (κ1) is 27.9. The van der Waals surface area contributed by atoms with Gasteiger partial charge in [-0.25, -0.2) is 5.26 Å². The van der Waals surface area contributed by atoms with E-state index in [4.69, 9.17) is 21.4 Å². The van der Waals surface area contributed by atoms with Gasteiger partial charge in [0.15, 0.2) is 0 Å². The smallest absolute Gasteiger partial charge is 0.294 e. The molecule has 39 heavy (non-hydrogen) atoms. The first-order valence-electron chi connectivity index (χ1n) is 10.4. The van der Waals surface area contributed by atoms with Crippen molar-refractivity contribution in [1.82, 2.24) is 15.0 Å². The van der Waals surface area contributed by atoms with E-state index in [9.17, 15) is 18.6 Å². The molecule has 0 saturated heterocycles. The second-order valence-corrected chi connectivity index (χ2v) is 9.81. The SMILES string of the molecule is O=S(=O)(O)c1ccc(Nc2nc(Cl)nc(Nc3ccc(N=Nc4cc(SOOO)ccc4O)c(O)c3)n2)cc1. The maximum atomic E-state index is 11.2. The number of azo groups is 1. The second-order valence-electron chi connectivity index (χ2n) is 7.28. The van der Waals surface area contributed by atoms with Crippen LogP contribution in [0.2, 0.25) is 5.28 Å². The number of hydrogen-bond donors (Lipinski definition) is 6. The number of anilines is 4. The van der Waals surface area contributed by atoms with Crippen molar-refractivity contribution in [1.29, 1.82) is 0 Å². The van der Waals surface area contributed by atoms with Gasteiger partial charge in [-0.1, -0.05) is 5.04 Å². The fourth-order valence-electron chi connectivity index (χ4n) is 2.91. The van der Waals surface area contributed by atoms with Crippen LogP contribution in [0.15, 0.2) is 80.7 Å². The van der Waals surface area contributed by atoms with Gasteiger partial charge in [0.1, 0.15) is 22.9 Å². The van der Waals surface area contributed by atoms with Gasteiger partial charge in [0.25, 0.3) is 10.1 Å². The number of hydrogen-bond acceptors (Lipinski definition) is 15. The van der Waals surface area contributed by atoms with E-state index in [0.29, 0.717) is 28.3 Å². The predicted molar refractivity (Wildman–Crippen MR) is 139 cm³/mol. The van der Waals surface area contributed by atoms with Crippen molar-refractivity contribution in [2.24, 2.45) is 10.2 Å². The fourth-order valence-corrected chi connectivity index (χ4v) is 3.95. The second kappa shape index (κ2) is 12.2. The predicted octanol–water partition coefficient (Wildman–Crippen LogP) is 5.51. The van der Waals surface area contributed by atoms with Gasteiger partial charge >= 0.3 is 0 Å². The van der Waals surface area contributed by atoms with Crippen LogP contribution in [0.1, 0.15) is 0 Å². The Kier molecular flexibility index (Phi) is 8.72. The molecular weight excluding hydrogens is 578 g/mol. The quantitative estimate of drug-likeness (QED) is 0.0438. The van der Waals surface area contributed by atoms with Crippen LogP contribution in [0.4, 0.5) is 34.6 Å². The van der Waals surface area contributed by atoms with Gasteiger partial charge in [-0.15, -0.1) is 14.6 Å². The van der Waals surface area contributed by atoms with Gasteiger partial charge in [0.05, 0.1) is 16.9 Å². The van der Waals surface area contributed by atoms with E-state index in [1.54, 1.807) is 6.07 Å². The number of nitrogens with one attached hydrogen (secondary N) is 2. The highest BCUT2D eigenvalue weighted by Crippen LogP contribution is 2.36. The normalized spacial score (nSPS) is 11.6. The molecule has 1 aromatic heterocycles. The summed E-state index contributed by atoms with van der Waals surface area (Å²) >= 11 is 6.67. The number of halogens is 1. The van der Waals surface area contributed by atoms with Crippen molar-refractivity contribution in [2.45, 2.75) is 9.79 Å². The van der Waals surface area contributed by atoms with Gasteiger partial charge < -0.3 is 20.8 Å². The molecule has 0 unspecified atom stereocenters. The van der Waals surface area contributed by atoms with Crippen molar-refractivity contribution in [3.63, 3.8) is 0 Å². The van der Waals surface area contributed by atoms with Crippen LogP contribution in [0.3, 0.4) is 0 Å². The minimum Gasteiger partial charge on any atom is -0.506 e. The highest BCUT2D eigenvalue weighted by molar-refractivity contribution is 7.94. The molecular formula is C21H16ClN7O8S2. The first-order chi connectivity index (χ1) is 18.6. The molecule has 0 bridgehead atoms. The summed E-state index contributed by atoms with van der Waals surface area (Å²) in [5.74, 6) is -0.392. The maximum Gasteiger partial charge on any atom is 0.294 e. The molecule has 0 aliphatic carbocycles. The molecule has 4 aromatic rings. The molecule has 6 N–H and O–H groups in total. The van der Waals surface area contributed by atoms with Crippen LogP contribution in [-0.4, -0.2) is 43.4 Å². The summed E-state index contributed by atoms with van der Waals surface area (Å²) in [5.41, 5.74) is 0.917. The Morgan fingerprint density at radius 3 is 2.10 bits per heavy atom. The van der Waals surface area contributed by atoms with Crippen LogP contribution in [0, 0.1) is 0 Å². The number of aromatic nitrogens is 3. The Morgan fingerprint density at radius 2 is 1.46 bits per heavy atom. The van der Waals surface area contributed by atoms with Crippen LogP contribution in [-0.2, 0) is 19.5 Å². The van der Waals surface area contributed by atoms with Crippen LogP contribution in [0.5, 0.6) is 11.5 Å². The largest absolute Gasteiger partial charge is 0.506 e. The summed E-state index contributed by atoms with van der Waals surface area (Å²) in [6.07, 6.45) is 0. The topological polar surface area (TPSA) is 221 Å². The maximum absolute atomic E-state index is 11.2. The number of benzene rings is 3. The summed E-state index contributed by atoms with van der Waals surface area (Å²) in [6, 6.07) is 13.7. The molecule has 0 amide bonds. The molecule has 0 radical (unpaired) electrons. The van der Waals surface area contributed by atoms with E-state index in [2.05, 4.69) is 45.2 Å². The zero-order valence-corrected chi connectivity index (χ0v) is 21.5. The van der Waals surface area contributed by atoms with Crippen LogP contribution in [0.25, 0.3) is 0 Å². The van der Waals surface area contributed by atoms with Crippen LogP contribution >= 0.6 is 23.6 Å². The average molecular weight is 594 g/mol. The van der Waals surface area contributed by atoms with Gasteiger partial charge in [0, 0.05) is 22.3 Å². The molecule has 0 spiro atoms. The lowest BCUT2D eigenvalue weighted by atomic mass is 10.2. The first-order valence-corrected chi connectivity index (χ1v) is 12.9. The lowest BCUT2D eigenvalue weighted by Gasteiger charge is -2.09. The highest BCUT2D eigenvalue weighted by Gasteiger charge is 2.11. The molecule has 0 saturated carbocycles. The minimum absolute atomic E-state index is 0.0224. The summed E-state index contributed by atoms with van der Waals surface area (Å²) in [7, 11) is -4.33. The Labute approximate surface area is 229 Å². The molecule has 15 nitrogen and oxygen atoms in total. The molecule has 202 valence electrons. The van der Waals surface area contributed by atoms with E-state index in [0.717, 1.165) is 0 Å². The summed E-state index contributed by atoms with van der Waals surface area (Å²) in [4.78, 5) is 12.3. The van der Waals surface area contributed by atoms with E-state index >= 15 is 0 Å². The summed E-state index contributed by atoms with van der Waals surface area (Å²) in [6.45, 7) is 0. The Morgan fingerprint density at radius 1 is 0.821 bits per heavy atom. The van der Waals surface area contributed by atoms with E-state index in [-0.39, 0.29) is 44.9 Å². The number of nitrogens with zero attached hydrogens (tertiary/aromatic N) is 5. The van der Waals surface area contributed by atoms with E-state index in [1.165, 1.54) is 54.6 Å². The van der Waals surface area contributed by atoms with Gasteiger partial charge in [-0.3, -0.25) is 4.55 Å². The monoisotopic (exact) mass is 593 g/mol. The Bertz CT molecular complexity index is 1630. The van der Waals surface area contributed by atoms with Gasteiger partial charge in [0.2, 0.25) is 17.2 Å². The minimum atomic E-state index is -4.33. The average Bonchev–Trinajstić information content (AvgIpc) is 2.88. The molecule has 0 atom stereocenters. The van der Waals surface area contributed by atoms with Crippen LogP contribution < -0.4 is 10.6 Å². The molecule has 1 heterocycles. The number of rotatable bonds is 10. The van der Waals surface area contributed by atoms with Crippen molar-refractivity contribution >= 4 is 68.4 Å². The lowest BCUT2D eigenvalue weighted by molar-refractivity contribution is -0.432. The highest BCUT2D eigenvalue weighted by atomic mass is 35.5. The van der Waals surface area contributed by atoms with Crippen molar-refractivity contribution in [3.8, 4) is 11.5 Å². The third-order valence-electron chi connectivity index (χ3n) is 4.62.